The van der Waals surface area contributed by atoms with Crippen LogP contribution in [0.3, 0.4) is 0 Å². The van der Waals surface area contributed by atoms with Crippen LogP contribution < -0.4 is 0 Å². The van der Waals surface area contributed by atoms with E-state index in [9.17, 15) is 5.11 Å². The SMILES string of the molecule is OC/C=C1\c2ccccc2CCc2cc(Cl)ccc21. The third-order valence-corrected chi connectivity index (χ3v) is 3.86. The summed E-state index contributed by atoms with van der Waals surface area (Å²) in [6, 6.07) is 14.4. The van der Waals surface area contributed by atoms with Crippen LogP contribution in [-0.4, -0.2) is 11.7 Å². The highest BCUT2D eigenvalue weighted by Gasteiger charge is 2.17. The molecule has 19 heavy (non-hydrogen) atoms. The Kier molecular flexibility index (Phi) is 3.41. The first-order valence-electron chi connectivity index (χ1n) is 6.47. The number of hydrogen-bond acceptors (Lipinski definition) is 1. The normalized spacial score (nSPS) is 15.8. The minimum absolute atomic E-state index is 0.0474. The Morgan fingerprint density at radius 3 is 2.58 bits per heavy atom. The Labute approximate surface area is 118 Å². The van der Waals surface area contributed by atoms with Crippen molar-refractivity contribution in [2.45, 2.75) is 12.8 Å². The van der Waals surface area contributed by atoms with E-state index < -0.39 is 0 Å². The van der Waals surface area contributed by atoms with Gasteiger partial charge in [-0.2, -0.15) is 0 Å². The number of aliphatic hydroxyl groups is 1. The van der Waals surface area contributed by atoms with E-state index in [-0.39, 0.29) is 6.61 Å². The molecule has 0 saturated heterocycles. The molecule has 0 spiro atoms. The predicted molar refractivity (Wildman–Crippen MR) is 79.5 cm³/mol. The quantitative estimate of drug-likeness (QED) is 0.834. The zero-order valence-corrected chi connectivity index (χ0v) is 11.3. The van der Waals surface area contributed by atoms with Crippen molar-refractivity contribution in [3.63, 3.8) is 0 Å². The highest BCUT2D eigenvalue weighted by Crippen LogP contribution is 2.34. The van der Waals surface area contributed by atoms with Gasteiger partial charge in [0.05, 0.1) is 6.61 Å². The predicted octanol–water partition coefficient (Wildman–Crippen LogP) is 3.86. The maximum atomic E-state index is 9.31. The Morgan fingerprint density at radius 1 is 1.00 bits per heavy atom. The smallest absolute Gasteiger partial charge is 0.0621 e. The van der Waals surface area contributed by atoms with Crippen molar-refractivity contribution in [3.05, 3.63) is 75.8 Å². The average molecular weight is 271 g/mol. The third kappa shape index (κ3) is 2.32. The number of rotatable bonds is 1. The monoisotopic (exact) mass is 270 g/mol. The molecule has 2 aromatic carbocycles. The van der Waals surface area contributed by atoms with Crippen LogP contribution in [0, 0.1) is 0 Å². The molecule has 0 bridgehead atoms. The molecule has 0 saturated carbocycles. The van der Waals surface area contributed by atoms with Gasteiger partial charge in [0.25, 0.3) is 0 Å². The summed E-state index contributed by atoms with van der Waals surface area (Å²) < 4.78 is 0. The maximum absolute atomic E-state index is 9.31. The molecule has 0 aliphatic heterocycles. The minimum Gasteiger partial charge on any atom is -0.392 e. The first-order chi connectivity index (χ1) is 9.29. The van der Waals surface area contributed by atoms with Gasteiger partial charge < -0.3 is 5.11 Å². The summed E-state index contributed by atoms with van der Waals surface area (Å²) in [5.41, 5.74) is 6.10. The van der Waals surface area contributed by atoms with Gasteiger partial charge in [-0.15, -0.1) is 0 Å². The zero-order valence-electron chi connectivity index (χ0n) is 10.6. The summed E-state index contributed by atoms with van der Waals surface area (Å²) >= 11 is 6.10. The fourth-order valence-corrected chi connectivity index (χ4v) is 2.95. The van der Waals surface area contributed by atoms with Crippen LogP contribution in [-0.2, 0) is 12.8 Å². The molecule has 3 rings (SSSR count). The molecule has 0 aromatic heterocycles. The van der Waals surface area contributed by atoms with E-state index in [4.69, 9.17) is 11.6 Å². The molecule has 0 fully saturated rings. The van der Waals surface area contributed by atoms with Crippen molar-refractivity contribution in [1.29, 1.82) is 0 Å². The maximum Gasteiger partial charge on any atom is 0.0621 e. The van der Waals surface area contributed by atoms with Gasteiger partial charge in [0.2, 0.25) is 0 Å². The molecule has 0 unspecified atom stereocenters. The number of halogens is 1. The number of fused-ring (bicyclic) bond motifs is 2. The molecule has 0 amide bonds. The fraction of sp³-hybridized carbons (Fsp3) is 0.176. The van der Waals surface area contributed by atoms with Crippen molar-refractivity contribution in [3.8, 4) is 0 Å². The topological polar surface area (TPSA) is 20.2 Å². The van der Waals surface area contributed by atoms with Crippen molar-refractivity contribution < 1.29 is 5.11 Å². The van der Waals surface area contributed by atoms with Gasteiger partial charge in [-0.3, -0.25) is 0 Å². The fourth-order valence-electron chi connectivity index (χ4n) is 2.76. The summed E-state index contributed by atoms with van der Waals surface area (Å²) in [5.74, 6) is 0. The van der Waals surface area contributed by atoms with Gasteiger partial charge in [-0.25, -0.2) is 0 Å². The van der Waals surface area contributed by atoms with E-state index in [0.717, 1.165) is 23.4 Å². The third-order valence-electron chi connectivity index (χ3n) is 3.62. The van der Waals surface area contributed by atoms with Crippen LogP contribution in [0.4, 0.5) is 0 Å². The van der Waals surface area contributed by atoms with Crippen molar-refractivity contribution in [2.24, 2.45) is 0 Å². The molecule has 2 heteroatoms. The first kappa shape index (κ1) is 12.5. The van der Waals surface area contributed by atoms with Crippen LogP contribution in [0.5, 0.6) is 0 Å². The molecule has 1 aliphatic rings. The van der Waals surface area contributed by atoms with E-state index in [2.05, 4.69) is 24.3 Å². The second-order valence-corrected chi connectivity index (χ2v) is 5.20. The number of aryl methyl sites for hydroxylation is 2. The van der Waals surface area contributed by atoms with Gasteiger partial charge >= 0.3 is 0 Å². The molecule has 1 N–H and O–H groups in total. The molecule has 2 aromatic rings. The highest BCUT2D eigenvalue weighted by atomic mass is 35.5. The van der Waals surface area contributed by atoms with E-state index >= 15 is 0 Å². The lowest BCUT2D eigenvalue weighted by Gasteiger charge is -2.11. The van der Waals surface area contributed by atoms with Gasteiger partial charge in [0.1, 0.15) is 0 Å². The van der Waals surface area contributed by atoms with Crippen molar-refractivity contribution >= 4 is 17.2 Å². The Morgan fingerprint density at radius 2 is 1.74 bits per heavy atom. The number of hydrogen-bond donors (Lipinski definition) is 1. The second-order valence-electron chi connectivity index (χ2n) is 4.76. The Hall–Kier alpha value is -1.57. The molecule has 1 nitrogen and oxygen atoms in total. The van der Waals surface area contributed by atoms with Crippen LogP contribution in [0.2, 0.25) is 5.02 Å². The highest BCUT2D eigenvalue weighted by molar-refractivity contribution is 6.30. The first-order valence-corrected chi connectivity index (χ1v) is 6.85. The lowest BCUT2D eigenvalue weighted by Crippen LogP contribution is -1.93. The summed E-state index contributed by atoms with van der Waals surface area (Å²) in [5, 5.41) is 10.1. The average Bonchev–Trinajstić information content (AvgIpc) is 2.57. The van der Waals surface area contributed by atoms with Crippen molar-refractivity contribution in [2.75, 3.05) is 6.61 Å². The molecular formula is C17H15ClO. The second kappa shape index (κ2) is 5.20. The van der Waals surface area contributed by atoms with Crippen LogP contribution in [0.25, 0.3) is 5.57 Å². The van der Waals surface area contributed by atoms with Crippen LogP contribution >= 0.6 is 11.6 Å². The van der Waals surface area contributed by atoms with E-state index in [1.54, 1.807) is 0 Å². The molecule has 0 heterocycles. The van der Waals surface area contributed by atoms with Gasteiger partial charge in [-0.05, 0) is 52.8 Å². The van der Waals surface area contributed by atoms with Crippen LogP contribution in [0.15, 0.2) is 48.5 Å². The number of benzene rings is 2. The lowest BCUT2D eigenvalue weighted by molar-refractivity contribution is 0.343. The summed E-state index contributed by atoms with van der Waals surface area (Å²) in [6.45, 7) is 0.0474. The summed E-state index contributed by atoms with van der Waals surface area (Å²) in [6.07, 6.45) is 3.87. The summed E-state index contributed by atoms with van der Waals surface area (Å²) in [7, 11) is 0. The van der Waals surface area contributed by atoms with Gasteiger partial charge in [0.15, 0.2) is 0 Å². The minimum atomic E-state index is 0.0474. The standard InChI is InChI=1S/C17H15ClO/c18-14-7-8-16-13(11-14)6-5-12-3-1-2-4-15(12)17(16)9-10-19/h1-4,7-9,11,19H,5-6,10H2/b17-9+. The van der Waals surface area contributed by atoms with E-state index in [0.29, 0.717) is 0 Å². The summed E-state index contributed by atoms with van der Waals surface area (Å²) in [4.78, 5) is 0. The Balaban J connectivity index is 2.24. The molecule has 96 valence electrons. The largest absolute Gasteiger partial charge is 0.392 e. The lowest BCUT2D eigenvalue weighted by atomic mass is 9.94. The molecule has 0 radical (unpaired) electrons. The number of aliphatic hydroxyl groups excluding tert-OH is 1. The molecular weight excluding hydrogens is 256 g/mol. The van der Waals surface area contributed by atoms with Gasteiger partial charge in [0, 0.05) is 5.02 Å². The molecule has 0 atom stereocenters. The van der Waals surface area contributed by atoms with E-state index in [1.165, 1.54) is 22.3 Å². The zero-order chi connectivity index (χ0) is 13.2. The molecule has 1 aliphatic carbocycles. The Bertz CT molecular complexity index is 643. The van der Waals surface area contributed by atoms with Gasteiger partial charge in [-0.1, -0.05) is 48.0 Å². The van der Waals surface area contributed by atoms with Crippen molar-refractivity contribution in [1.82, 2.24) is 0 Å². The van der Waals surface area contributed by atoms with E-state index in [1.807, 2.05) is 24.3 Å². The van der Waals surface area contributed by atoms with Crippen LogP contribution in [0.1, 0.15) is 22.3 Å².